The van der Waals surface area contributed by atoms with Crippen molar-refractivity contribution < 1.29 is 22.7 Å². The van der Waals surface area contributed by atoms with Gasteiger partial charge in [-0.1, -0.05) is 55.7 Å². The molecular formula is C33H41N3O5S. The SMILES string of the molecule is COc1ccc(CN(C(=O)CN(c2ccc(C)c(C)c2)S(=O)(=O)c2ccccc2)C(C)C(=O)NC2CCCCC2)cc1. The molecule has 8 nitrogen and oxygen atoms in total. The Morgan fingerprint density at radius 3 is 2.21 bits per heavy atom. The molecule has 0 radical (unpaired) electrons. The highest BCUT2D eigenvalue weighted by Crippen LogP contribution is 2.27. The van der Waals surface area contributed by atoms with Crippen molar-refractivity contribution in [2.75, 3.05) is 18.0 Å². The summed E-state index contributed by atoms with van der Waals surface area (Å²) >= 11 is 0. The quantitative estimate of drug-likeness (QED) is 0.323. The molecule has 42 heavy (non-hydrogen) atoms. The van der Waals surface area contributed by atoms with Gasteiger partial charge in [-0.25, -0.2) is 8.42 Å². The maximum absolute atomic E-state index is 14.1. The topological polar surface area (TPSA) is 96.0 Å². The van der Waals surface area contributed by atoms with E-state index in [0.29, 0.717) is 11.4 Å². The molecule has 0 spiro atoms. The first-order chi connectivity index (χ1) is 20.1. The van der Waals surface area contributed by atoms with E-state index in [9.17, 15) is 18.0 Å². The molecule has 0 bridgehead atoms. The number of nitrogens with zero attached hydrogens (tertiary/aromatic N) is 2. The van der Waals surface area contributed by atoms with Crippen LogP contribution in [0.15, 0.2) is 77.7 Å². The highest BCUT2D eigenvalue weighted by atomic mass is 32.2. The average molecular weight is 592 g/mol. The number of methoxy groups -OCH3 is 1. The van der Waals surface area contributed by atoms with Gasteiger partial charge >= 0.3 is 0 Å². The van der Waals surface area contributed by atoms with Crippen LogP contribution in [0, 0.1) is 13.8 Å². The number of nitrogens with one attached hydrogen (secondary N) is 1. The Morgan fingerprint density at radius 1 is 0.929 bits per heavy atom. The second kappa shape index (κ2) is 13.9. The molecule has 1 fully saturated rings. The number of hydrogen-bond acceptors (Lipinski definition) is 5. The third kappa shape index (κ3) is 7.50. The van der Waals surface area contributed by atoms with Crippen LogP contribution in [-0.4, -0.2) is 50.9 Å². The number of rotatable bonds is 11. The molecule has 1 aliphatic rings. The lowest BCUT2D eigenvalue weighted by atomic mass is 9.95. The molecule has 0 saturated heterocycles. The van der Waals surface area contributed by atoms with Gasteiger partial charge in [-0.15, -0.1) is 0 Å². The van der Waals surface area contributed by atoms with Gasteiger partial charge in [0.1, 0.15) is 18.3 Å². The molecule has 2 amide bonds. The number of hydrogen-bond donors (Lipinski definition) is 1. The number of benzene rings is 3. The molecule has 224 valence electrons. The van der Waals surface area contributed by atoms with E-state index in [4.69, 9.17) is 4.74 Å². The molecule has 3 aromatic carbocycles. The van der Waals surface area contributed by atoms with E-state index >= 15 is 0 Å². The van der Waals surface area contributed by atoms with E-state index in [0.717, 1.165) is 53.1 Å². The Morgan fingerprint density at radius 2 is 1.60 bits per heavy atom. The van der Waals surface area contributed by atoms with E-state index in [1.54, 1.807) is 56.5 Å². The van der Waals surface area contributed by atoms with Crippen LogP contribution in [0.5, 0.6) is 5.75 Å². The number of carbonyl (C=O) groups is 2. The van der Waals surface area contributed by atoms with Gasteiger partial charge in [0, 0.05) is 12.6 Å². The lowest BCUT2D eigenvalue weighted by Gasteiger charge is -2.33. The number of carbonyl (C=O) groups excluding carboxylic acids is 2. The van der Waals surface area contributed by atoms with Crippen LogP contribution in [-0.2, 0) is 26.2 Å². The van der Waals surface area contributed by atoms with Crippen molar-refractivity contribution in [3.05, 3.63) is 89.5 Å². The Bertz CT molecular complexity index is 1470. The number of aryl methyl sites for hydroxylation is 2. The van der Waals surface area contributed by atoms with Gasteiger partial charge in [0.05, 0.1) is 17.7 Å². The fourth-order valence-electron chi connectivity index (χ4n) is 5.21. The van der Waals surface area contributed by atoms with Gasteiger partial charge in [0.2, 0.25) is 11.8 Å². The predicted octanol–water partition coefficient (Wildman–Crippen LogP) is 5.37. The predicted molar refractivity (Wildman–Crippen MR) is 165 cm³/mol. The summed E-state index contributed by atoms with van der Waals surface area (Å²) in [7, 11) is -2.51. The minimum absolute atomic E-state index is 0.0807. The molecule has 1 unspecified atom stereocenters. The maximum Gasteiger partial charge on any atom is 0.264 e. The molecule has 1 saturated carbocycles. The first kappa shape index (κ1) is 31.1. The Kier molecular flexibility index (Phi) is 10.3. The van der Waals surface area contributed by atoms with Crippen LogP contribution < -0.4 is 14.4 Å². The van der Waals surface area contributed by atoms with Crippen LogP contribution in [0.4, 0.5) is 5.69 Å². The molecule has 9 heteroatoms. The minimum Gasteiger partial charge on any atom is -0.497 e. The third-order valence-electron chi connectivity index (χ3n) is 8.02. The van der Waals surface area contributed by atoms with Crippen LogP contribution >= 0.6 is 0 Å². The van der Waals surface area contributed by atoms with Crippen molar-refractivity contribution in [2.24, 2.45) is 0 Å². The summed E-state index contributed by atoms with van der Waals surface area (Å²) in [5.74, 6) is -0.0446. The highest BCUT2D eigenvalue weighted by molar-refractivity contribution is 7.92. The molecule has 3 aromatic rings. The molecule has 0 aliphatic heterocycles. The Balaban J connectivity index is 1.68. The van der Waals surface area contributed by atoms with Crippen molar-refractivity contribution >= 4 is 27.5 Å². The van der Waals surface area contributed by atoms with Gasteiger partial charge < -0.3 is 15.0 Å². The first-order valence-electron chi connectivity index (χ1n) is 14.5. The fourth-order valence-corrected chi connectivity index (χ4v) is 6.64. The molecule has 0 aromatic heterocycles. The van der Waals surface area contributed by atoms with Crippen molar-refractivity contribution in [3.63, 3.8) is 0 Å². The smallest absolute Gasteiger partial charge is 0.264 e. The second-order valence-corrected chi connectivity index (χ2v) is 12.8. The third-order valence-corrected chi connectivity index (χ3v) is 9.81. The van der Waals surface area contributed by atoms with Gasteiger partial charge in [-0.2, -0.15) is 0 Å². The number of ether oxygens (including phenoxy) is 1. The molecular weight excluding hydrogens is 550 g/mol. The highest BCUT2D eigenvalue weighted by Gasteiger charge is 2.33. The summed E-state index contributed by atoms with van der Waals surface area (Å²) in [4.78, 5) is 29.1. The summed E-state index contributed by atoms with van der Waals surface area (Å²) in [5.41, 5.74) is 3.10. The van der Waals surface area contributed by atoms with Crippen molar-refractivity contribution in [1.29, 1.82) is 0 Å². The summed E-state index contributed by atoms with van der Waals surface area (Å²) < 4.78 is 34.3. The van der Waals surface area contributed by atoms with Crippen molar-refractivity contribution in [3.8, 4) is 5.75 Å². The normalized spacial score (nSPS) is 14.6. The second-order valence-electron chi connectivity index (χ2n) is 11.0. The summed E-state index contributed by atoms with van der Waals surface area (Å²) in [6.45, 7) is 5.22. The lowest BCUT2D eigenvalue weighted by Crippen LogP contribution is -2.53. The standard InChI is InChI=1S/C33H41N3O5S/c1-24-15-18-29(21-25(24)2)36(42(39,40)31-13-9-6-10-14-31)23-32(37)35(22-27-16-19-30(41-4)20-17-27)26(3)33(38)34-28-11-7-5-8-12-28/h6,9-10,13-21,26,28H,5,7-8,11-12,22-23H2,1-4H3,(H,34,38). The van der Waals surface area contributed by atoms with E-state index in [2.05, 4.69) is 5.32 Å². The first-order valence-corrected chi connectivity index (χ1v) is 15.9. The zero-order chi connectivity index (χ0) is 30.3. The van der Waals surface area contributed by atoms with E-state index in [1.807, 2.05) is 32.0 Å². The molecule has 1 atom stereocenters. The summed E-state index contributed by atoms with van der Waals surface area (Å²) in [5, 5.41) is 3.13. The zero-order valence-electron chi connectivity index (χ0n) is 24.9. The van der Waals surface area contributed by atoms with E-state index < -0.39 is 28.5 Å². The minimum atomic E-state index is -4.09. The van der Waals surface area contributed by atoms with Crippen LogP contribution in [0.1, 0.15) is 55.7 Å². The van der Waals surface area contributed by atoms with Gasteiger partial charge in [-0.3, -0.25) is 13.9 Å². The number of amides is 2. The fraction of sp³-hybridized carbons (Fsp3) is 0.394. The van der Waals surface area contributed by atoms with Crippen molar-refractivity contribution in [1.82, 2.24) is 10.2 Å². The van der Waals surface area contributed by atoms with Gasteiger partial charge in [0.15, 0.2) is 0 Å². The molecule has 1 aliphatic carbocycles. The Labute approximate surface area is 249 Å². The molecule has 4 rings (SSSR count). The Hall–Kier alpha value is -3.85. The average Bonchev–Trinajstić information content (AvgIpc) is 3.00. The zero-order valence-corrected chi connectivity index (χ0v) is 25.7. The monoisotopic (exact) mass is 591 g/mol. The molecule has 0 heterocycles. The van der Waals surface area contributed by atoms with Crippen LogP contribution in [0.2, 0.25) is 0 Å². The van der Waals surface area contributed by atoms with Crippen molar-refractivity contribution in [2.45, 2.75) is 76.4 Å². The largest absolute Gasteiger partial charge is 0.497 e. The van der Waals surface area contributed by atoms with Gasteiger partial charge in [-0.05, 0) is 86.7 Å². The summed E-state index contributed by atoms with van der Waals surface area (Å²) in [6, 6.07) is 20.0. The van der Waals surface area contributed by atoms with E-state index in [1.165, 1.54) is 17.0 Å². The van der Waals surface area contributed by atoms with Crippen LogP contribution in [0.25, 0.3) is 0 Å². The lowest BCUT2D eigenvalue weighted by molar-refractivity contribution is -0.139. The number of sulfonamides is 1. The maximum atomic E-state index is 14.1. The summed E-state index contributed by atoms with van der Waals surface area (Å²) in [6.07, 6.45) is 5.13. The van der Waals surface area contributed by atoms with E-state index in [-0.39, 0.29) is 23.4 Å². The van der Waals surface area contributed by atoms with Crippen LogP contribution in [0.3, 0.4) is 0 Å². The molecule has 1 N–H and O–H groups in total. The number of anilines is 1. The van der Waals surface area contributed by atoms with Gasteiger partial charge in [0.25, 0.3) is 10.0 Å².